The van der Waals surface area contributed by atoms with Gasteiger partial charge in [0.15, 0.2) is 0 Å². The summed E-state index contributed by atoms with van der Waals surface area (Å²) in [6.07, 6.45) is 2.06. The molecule has 1 aliphatic rings. The minimum atomic E-state index is -0.648. The van der Waals surface area contributed by atoms with E-state index in [0.29, 0.717) is 5.69 Å². The van der Waals surface area contributed by atoms with Crippen molar-refractivity contribution in [3.05, 3.63) is 33.9 Å². The highest BCUT2D eigenvalue weighted by atomic mass is 16.6. The Bertz CT molecular complexity index is 511. The summed E-state index contributed by atoms with van der Waals surface area (Å²) in [7, 11) is 0. The van der Waals surface area contributed by atoms with Gasteiger partial charge in [-0.1, -0.05) is 0 Å². The van der Waals surface area contributed by atoms with Gasteiger partial charge < -0.3 is 14.7 Å². The maximum Gasteiger partial charge on any atom is 0.340 e. The molecule has 1 aliphatic heterocycles. The Morgan fingerprint density at radius 3 is 2.70 bits per heavy atom. The van der Waals surface area contributed by atoms with Crippen molar-refractivity contribution in [2.24, 2.45) is 0 Å². The van der Waals surface area contributed by atoms with E-state index >= 15 is 0 Å². The number of carbonyl (C=O) groups excluding carboxylic acids is 1. The van der Waals surface area contributed by atoms with Crippen LogP contribution in [0.3, 0.4) is 0 Å². The van der Waals surface area contributed by atoms with Crippen molar-refractivity contribution in [3.8, 4) is 0 Å². The Morgan fingerprint density at radius 1 is 1.40 bits per heavy atom. The van der Waals surface area contributed by atoms with E-state index in [1.54, 1.807) is 6.07 Å². The van der Waals surface area contributed by atoms with Crippen LogP contribution in [0.15, 0.2) is 18.2 Å². The summed E-state index contributed by atoms with van der Waals surface area (Å²) in [5.74, 6) is -0.648. The Labute approximate surface area is 115 Å². The zero-order valence-electron chi connectivity index (χ0n) is 10.9. The van der Waals surface area contributed by atoms with Crippen LogP contribution in [0.5, 0.6) is 0 Å². The largest absolute Gasteiger partial charge is 0.460 e. The van der Waals surface area contributed by atoms with Gasteiger partial charge in [-0.25, -0.2) is 4.79 Å². The number of carbonyl (C=O) groups is 1. The minimum absolute atomic E-state index is 0.124. The van der Waals surface area contributed by atoms with E-state index in [9.17, 15) is 14.9 Å². The van der Waals surface area contributed by atoms with Gasteiger partial charge >= 0.3 is 5.97 Å². The lowest BCUT2D eigenvalue weighted by Gasteiger charge is -2.20. The lowest BCUT2D eigenvalue weighted by Crippen LogP contribution is -2.21. The molecule has 0 unspecified atom stereocenters. The molecule has 0 bridgehead atoms. The molecule has 0 aromatic heterocycles. The van der Waals surface area contributed by atoms with E-state index in [1.807, 2.05) is 4.90 Å². The van der Waals surface area contributed by atoms with Crippen LogP contribution in [0, 0.1) is 10.1 Å². The third-order valence-electron chi connectivity index (χ3n) is 3.18. The number of aliphatic hydroxyl groups excluding tert-OH is 1. The molecule has 108 valence electrons. The van der Waals surface area contributed by atoms with Gasteiger partial charge in [0.1, 0.15) is 6.61 Å². The number of rotatable bonds is 5. The summed E-state index contributed by atoms with van der Waals surface area (Å²) in [5.41, 5.74) is 0.675. The highest BCUT2D eigenvalue weighted by molar-refractivity contribution is 5.96. The standard InChI is InChI=1S/C13H16N2O5/c16-7-8-20-13(17)11-9-10(15(18)19)3-4-12(11)14-5-1-2-6-14/h3-4,9,16H,1-2,5-8H2. The van der Waals surface area contributed by atoms with E-state index in [2.05, 4.69) is 0 Å². The van der Waals surface area contributed by atoms with Crippen LogP contribution in [0.2, 0.25) is 0 Å². The molecule has 1 heterocycles. The minimum Gasteiger partial charge on any atom is -0.460 e. The molecule has 7 nitrogen and oxygen atoms in total. The summed E-state index contributed by atoms with van der Waals surface area (Å²) in [6, 6.07) is 4.20. The third kappa shape index (κ3) is 3.05. The predicted octanol–water partition coefficient (Wildman–Crippen LogP) is 1.34. The quantitative estimate of drug-likeness (QED) is 0.497. The Hall–Kier alpha value is -2.15. The van der Waals surface area contributed by atoms with Crippen molar-refractivity contribution in [3.63, 3.8) is 0 Å². The summed E-state index contributed by atoms with van der Waals surface area (Å²) < 4.78 is 4.87. The Balaban J connectivity index is 2.34. The molecular weight excluding hydrogens is 264 g/mol. The second-order valence-electron chi connectivity index (χ2n) is 4.51. The van der Waals surface area contributed by atoms with Crippen molar-refractivity contribution in [1.29, 1.82) is 0 Å². The first kappa shape index (κ1) is 14.3. The van der Waals surface area contributed by atoms with Crippen LogP contribution < -0.4 is 4.90 Å². The molecule has 7 heteroatoms. The highest BCUT2D eigenvalue weighted by Gasteiger charge is 2.23. The third-order valence-corrected chi connectivity index (χ3v) is 3.18. The summed E-state index contributed by atoms with van der Waals surface area (Å²) >= 11 is 0. The van der Waals surface area contributed by atoms with E-state index in [0.717, 1.165) is 25.9 Å². The number of benzene rings is 1. The molecular formula is C13H16N2O5. The average molecular weight is 280 g/mol. The lowest BCUT2D eigenvalue weighted by molar-refractivity contribution is -0.384. The maximum absolute atomic E-state index is 12.0. The van der Waals surface area contributed by atoms with Gasteiger partial charge in [0.25, 0.3) is 5.69 Å². The number of esters is 1. The first-order valence-electron chi connectivity index (χ1n) is 6.45. The molecule has 2 rings (SSSR count). The van der Waals surface area contributed by atoms with Crippen molar-refractivity contribution in [1.82, 2.24) is 0 Å². The van der Waals surface area contributed by atoms with Crippen LogP contribution in [0.25, 0.3) is 0 Å². The van der Waals surface area contributed by atoms with Gasteiger partial charge in [0.2, 0.25) is 0 Å². The maximum atomic E-state index is 12.0. The van der Waals surface area contributed by atoms with Crippen molar-refractivity contribution in [2.45, 2.75) is 12.8 Å². The van der Waals surface area contributed by atoms with E-state index in [1.165, 1.54) is 12.1 Å². The van der Waals surface area contributed by atoms with Gasteiger partial charge in [0.05, 0.1) is 22.8 Å². The first-order valence-corrected chi connectivity index (χ1v) is 6.45. The second-order valence-corrected chi connectivity index (χ2v) is 4.51. The normalized spacial score (nSPS) is 14.3. The molecule has 20 heavy (non-hydrogen) atoms. The number of non-ortho nitro benzene ring substituents is 1. The first-order chi connectivity index (χ1) is 9.63. The molecule has 1 N–H and O–H groups in total. The summed E-state index contributed by atoms with van der Waals surface area (Å²) in [4.78, 5) is 24.3. The fourth-order valence-corrected chi connectivity index (χ4v) is 2.25. The van der Waals surface area contributed by atoms with Gasteiger partial charge in [-0.3, -0.25) is 10.1 Å². The SMILES string of the molecule is O=C(OCCO)c1cc([N+](=O)[O-])ccc1N1CCCC1. The van der Waals surface area contributed by atoms with Crippen molar-refractivity contribution < 1.29 is 19.6 Å². The average Bonchev–Trinajstić information content (AvgIpc) is 2.98. The lowest BCUT2D eigenvalue weighted by atomic mass is 10.1. The van der Waals surface area contributed by atoms with Gasteiger partial charge in [0, 0.05) is 25.2 Å². The fourth-order valence-electron chi connectivity index (χ4n) is 2.25. The number of nitro benzene ring substituents is 1. The number of aliphatic hydroxyl groups is 1. The van der Waals surface area contributed by atoms with Crippen LogP contribution in [0.1, 0.15) is 23.2 Å². The number of hydrogen-bond donors (Lipinski definition) is 1. The molecule has 0 radical (unpaired) electrons. The van der Waals surface area contributed by atoms with Crippen LogP contribution >= 0.6 is 0 Å². The number of nitro groups is 1. The molecule has 0 saturated carbocycles. The molecule has 1 aromatic carbocycles. The number of anilines is 1. The summed E-state index contributed by atoms with van der Waals surface area (Å²) in [6.45, 7) is 1.23. The summed E-state index contributed by atoms with van der Waals surface area (Å²) in [5, 5.41) is 19.5. The molecule has 0 amide bonds. The molecule has 1 fully saturated rings. The van der Waals surface area contributed by atoms with Crippen molar-refractivity contribution >= 4 is 17.3 Å². The molecule has 1 saturated heterocycles. The molecule has 1 aromatic rings. The zero-order chi connectivity index (χ0) is 14.5. The van der Waals surface area contributed by atoms with E-state index < -0.39 is 10.9 Å². The number of ether oxygens (including phenoxy) is 1. The predicted molar refractivity (Wildman–Crippen MR) is 71.9 cm³/mol. The second kappa shape index (κ2) is 6.33. The van der Waals surface area contributed by atoms with E-state index in [4.69, 9.17) is 9.84 Å². The zero-order valence-corrected chi connectivity index (χ0v) is 10.9. The van der Waals surface area contributed by atoms with Crippen molar-refractivity contribution in [2.75, 3.05) is 31.2 Å². The topological polar surface area (TPSA) is 92.9 Å². The highest BCUT2D eigenvalue weighted by Crippen LogP contribution is 2.28. The van der Waals surface area contributed by atoms with Crippen LogP contribution in [-0.4, -0.2) is 42.3 Å². The Morgan fingerprint density at radius 2 is 2.10 bits per heavy atom. The van der Waals surface area contributed by atoms with Gasteiger partial charge in [-0.05, 0) is 18.9 Å². The van der Waals surface area contributed by atoms with Gasteiger partial charge in [-0.2, -0.15) is 0 Å². The smallest absolute Gasteiger partial charge is 0.340 e. The van der Waals surface area contributed by atoms with E-state index in [-0.39, 0.29) is 24.5 Å². The van der Waals surface area contributed by atoms with Gasteiger partial charge in [-0.15, -0.1) is 0 Å². The molecule has 0 spiro atoms. The Kier molecular flexibility index (Phi) is 4.52. The number of hydrogen-bond acceptors (Lipinski definition) is 6. The number of nitrogens with zero attached hydrogens (tertiary/aromatic N) is 2. The molecule has 0 aliphatic carbocycles. The monoisotopic (exact) mass is 280 g/mol. The van der Waals surface area contributed by atoms with Crippen LogP contribution in [0.4, 0.5) is 11.4 Å². The van der Waals surface area contributed by atoms with Crippen LogP contribution in [-0.2, 0) is 4.74 Å². The fraction of sp³-hybridized carbons (Fsp3) is 0.462. The molecule has 0 atom stereocenters.